The van der Waals surface area contributed by atoms with Gasteiger partial charge in [-0.1, -0.05) is 11.7 Å². The first-order chi connectivity index (χ1) is 3.93. The summed E-state index contributed by atoms with van der Waals surface area (Å²) in [5, 5.41) is 15.3. The minimum Gasteiger partial charge on any atom is -0.330 e. The van der Waals surface area contributed by atoms with Crippen molar-refractivity contribution in [3.63, 3.8) is 0 Å². The van der Waals surface area contributed by atoms with Crippen molar-refractivity contribution in [1.82, 2.24) is 20.6 Å². The molecule has 0 aliphatic heterocycles. The number of aromatic nitrogens is 4. The standard InChI is InChI=1S/C3H5N5/c1-2-4-3-5-7-8-6-3/h2H,1H2,(H2,4,5,6,7,8). The van der Waals surface area contributed by atoms with Crippen molar-refractivity contribution >= 4 is 5.95 Å². The SMILES string of the molecule is C=CNc1nnn[nH]1. The molecule has 1 heterocycles. The van der Waals surface area contributed by atoms with E-state index in [1.165, 1.54) is 6.20 Å². The van der Waals surface area contributed by atoms with E-state index >= 15 is 0 Å². The van der Waals surface area contributed by atoms with Gasteiger partial charge in [0.25, 0.3) is 0 Å². The largest absolute Gasteiger partial charge is 0.330 e. The monoisotopic (exact) mass is 111 g/mol. The van der Waals surface area contributed by atoms with Crippen LogP contribution in [0.2, 0.25) is 0 Å². The van der Waals surface area contributed by atoms with Crippen LogP contribution >= 0.6 is 0 Å². The summed E-state index contributed by atoms with van der Waals surface area (Å²) in [5.74, 6) is 0.500. The fraction of sp³-hybridized carbons (Fsp3) is 0. The average Bonchev–Trinajstić information content (AvgIpc) is 2.19. The third kappa shape index (κ3) is 0.810. The van der Waals surface area contributed by atoms with Gasteiger partial charge in [0.1, 0.15) is 0 Å². The van der Waals surface area contributed by atoms with Crippen molar-refractivity contribution in [2.24, 2.45) is 0 Å². The van der Waals surface area contributed by atoms with Crippen LogP contribution in [0, 0.1) is 0 Å². The molecule has 0 spiro atoms. The molecule has 0 saturated carbocycles. The van der Waals surface area contributed by atoms with E-state index in [1.807, 2.05) is 0 Å². The van der Waals surface area contributed by atoms with Gasteiger partial charge in [0.05, 0.1) is 0 Å². The van der Waals surface area contributed by atoms with Crippen LogP contribution in [0.5, 0.6) is 0 Å². The molecule has 5 heteroatoms. The Hall–Kier alpha value is -1.39. The van der Waals surface area contributed by atoms with Gasteiger partial charge in [-0.3, -0.25) is 0 Å². The first-order valence-corrected chi connectivity index (χ1v) is 2.04. The second-order valence-corrected chi connectivity index (χ2v) is 1.10. The summed E-state index contributed by atoms with van der Waals surface area (Å²) in [4.78, 5) is 0. The lowest BCUT2D eigenvalue weighted by Crippen LogP contribution is -1.87. The smallest absolute Gasteiger partial charge is 0.244 e. The molecule has 0 bridgehead atoms. The zero-order valence-electron chi connectivity index (χ0n) is 4.13. The Balaban J connectivity index is 2.62. The molecule has 0 amide bonds. The van der Waals surface area contributed by atoms with Crippen LogP contribution in [0.15, 0.2) is 12.8 Å². The Morgan fingerprint density at radius 3 is 3.12 bits per heavy atom. The molecule has 5 nitrogen and oxygen atoms in total. The summed E-state index contributed by atoms with van der Waals surface area (Å²) < 4.78 is 0. The Morgan fingerprint density at radius 2 is 2.62 bits per heavy atom. The number of tetrazole rings is 1. The lowest BCUT2D eigenvalue weighted by atomic mass is 10.9. The number of nitrogens with zero attached hydrogens (tertiary/aromatic N) is 3. The van der Waals surface area contributed by atoms with Gasteiger partial charge in [-0.05, 0) is 16.6 Å². The first kappa shape index (κ1) is 4.76. The summed E-state index contributed by atoms with van der Waals surface area (Å²) in [5.41, 5.74) is 0. The molecule has 0 atom stereocenters. The molecule has 1 aromatic rings. The van der Waals surface area contributed by atoms with Crippen molar-refractivity contribution in [2.75, 3.05) is 5.32 Å². The molecule has 1 rings (SSSR count). The molecule has 0 saturated heterocycles. The fourth-order valence-electron chi connectivity index (χ4n) is 0.317. The molecular weight excluding hydrogens is 106 g/mol. The summed E-state index contributed by atoms with van der Waals surface area (Å²) in [7, 11) is 0. The topological polar surface area (TPSA) is 66.5 Å². The van der Waals surface area contributed by atoms with Gasteiger partial charge >= 0.3 is 0 Å². The summed E-state index contributed by atoms with van der Waals surface area (Å²) in [6.45, 7) is 3.41. The minimum absolute atomic E-state index is 0.500. The van der Waals surface area contributed by atoms with Crippen LogP contribution < -0.4 is 5.32 Å². The molecule has 0 aromatic carbocycles. The Morgan fingerprint density at radius 1 is 1.75 bits per heavy atom. The van der Waals surface area contributed by atoms with E-state index in [9.17, 15) is 0 Å². The van der Waals surface area contributed by atoms with E-state index in [2.05, 4.69) is 32.5 Å². The van der Waals surface area contributed by atoms with E-state index in [4.69, 9.17) is 0 Å². The summed E-state index contributed by atoms with van der Waals surface area (Å²) in [6.07, 6.45) is 1.49. The van der Waals surface area contributed by atoms with Gasteiger partial charge in [-0.15, -0.1) is 0 Å². The van der Waals surface area contributed by atoms with Gasteiger partial charge in [0.15, 0.2) is 0 Å². The fourth-order valence-corrected chi connectivity index (χ4v) is 0.317. The molecule has 0 aliphatic rings. The van der Waals surface area contributed by atoms with Gasteiger partial charge in [-0.2, -0.15) is 0 Å². The lowest BCUT2D eigenvalue weighted by Gasteiger charge is -1.84. The zero-order valence-corrected chi connectivity index (χ0v) is 4.13. The Bertz CT molecular complexity index is 154. The first-order valence-electron chi connectivity index (χ1n) is 2.04. The van der Waals surface area contributed by atoms with Crippen molar-refractivity contribution in [2.45, 2.75) is 0 Å². The highest BCUT2D eigenvalue weighted by Crippen LogP contribution is 1.86. The molecule has 1 aromatic heterocycles. The molecular formula is C3H5N5. The van der Waals surface area contributed by atoms with Crippen molar-refractivity contribution in [1.29, 1.82) is 0 Å². The third-order valence-electron chi connectivity index (χ3n) is 0.584. The van der Waals surface area contributed by atoms with Crippen LogP contribution in [-0.2, 0) is 0 Å². The predicted molar refractivity (Wildman–Crippen MR) is 28.0 cm³/mol. The van der Waals surface area contributed by atoms with E-state index in [1.54, 1.807) is 0 Å². The van der Waals surface area contributed by atoms with Crippen LogP contribution in [0.1, 0.15) is 0 Å². The highest BCUT2D eigenvalue weighted by Gasteiger charge is 1.85. The number of rotatable bonds is 2. The maximum Gasteiger partial charge on any atom is 0.244 e. The maximum absolute atomic E-state index is 3.51. The van der Waals surface area contributed by atoms with Gasteiger partial charge in [-0.25, -0.2) is 5.10 Å². The summed E-state index contributed by atoms with van der Waals surface area (Å²) in [6, 6.07) is 0. The van der Waals surface area contributed by atoms with Gasteiger partial charge < -0.3 is 5.32 Å². The minimum atomic E-state index is 0.500. The van der Waals surface area contributed by atoms with Crippen LogP contribution in [0.4, 0.5) is 5.95 Å². The second-order valence-electron chi connectivity index (χ2n) is 1.10. The number of hydrogen-bond donors (Lipinski definition) is 2. The quantitative estimate of drug-likeness (QED) is 0.552. The molecule has 0 fully saturated rings. The van der Waals surface area contributed by atoms with Gasteiger partial charge in [0.2, 0.25) is 5.95 Å². The third-order valence-corrected chi connectivity index (χ3v) is 0.584. The van der Waals surface area contributed by atoms with E-state index in [0.29, 0.717) is 5.95 Å². The number of anilines is 1. The normalized spacial score (nSPS) is 8.50. The molecule has 8 heavy (non-hydrogen) atoms. The molecule has 42 valence electrons. The van der Waals surface area contributed by atoms with Crippen LogP contribution in [0.25, 0.3) is 0 Å². The highest BCUT2D eigenvalue weighted by molar-refractivity contribution is 5.22. The van der Waals surface area contributed by atoms with E-state index in [0.717, 1.165) is 0 Å². The molecule has 0 radical (unpaired) electrons. The highest BCUT2D eigenvalue weighted by atomic mass is 15.5. The Labute approximate surface area is 45.8 Å². The van der Waals surface area contributed by atoms with Crippen molar-refractivity contribution < 1.29 is 0 Å². The summed E-state index contributed by atoms with van der Waals surface area (Å²) >= 11 is 0. The maximum atomic E-state index is 3.51. The van der Waals surface area contributed by atoms with Crippen molar-refractivity contribution in [3.8, 4) is 0 Å². The number of aromatic amines is 1. The lowest BCUT2D eigenvalue weighted by molar-refractivity contribution is 0.881. The van der Waals surface area contributed by atoms with Crippen LogP contribution in [0.3, 0.4) is 0 Å². The number of hydrogen-bond acceptors (Lipinski definition) is 4. The van der Waals surface area contributed by atoms with Crippen LogP contribution in [-0.4, -0.2) is 20.6 Å². The Kier molecular flexibility index (Phi) is 1.23. The molecule has 0 unspecified atom stereocenters. The zero-order chi connectivity index (χ0) is 5.82. The van der Waals surface area contributed by atoms with E-state index in [-0.39, 0.29) is 0 Å². The van der Waals surface area contributed by atoms with E-state index < -0.39 is 0 Å². The van der Waals surface area contributed by atoms with Gasteiger partial charge in [0, 0.05) is 0 Å². The second kappa shape index (κ2) is 2.06. The predicted octanol–water partition coefficient (Wildman–Crippen LogP) is -0.245. The van der Waals surface area contributed by atoms with Crippen molar-refractivity contribution in [3.05, 3.63) is 12.8 Å². The number of nitrogens with one attached hydrogen (secondary N) is 2. The molecule has 2 N–H and O–H groups in total. The average molecular weight is 111 g/mol. The molecule has 0 aliphatic carbocycles. The number of H-pyrrole nitrogens is 1.